The lowest BCUT2D eigenvalue weighted by Gasteiger charge is -2.23. The van der Waals surface area contributed by atoms with Gasteiger partial charge in [0, 0.05) is 0 Å². The van der Waals surface area contributed by atoms with Gasteiger partial charge in [-0.15, -0.1) is 0 Å². The van der Waals surface area contributed by atoms with Crippen LogP contribution in [0, 0.1) is 5.82 Å². The molecule has 1 unspecified atom stereocenters. The summed E-state index contributed by atoms with van der Waals surface area (Å²) in [5.74, 6) is -0.409. The Morgan fingerprint density at radius 2 is 1.78 bits per heavy atom. The van der Waals surface area contributed by atoms with Crippen molar-refractivity contribution in [1.82, 2.24) is 4.90 Å². The summed E-state index contributed by atoms with van der Waals surface area (Å²) in [4.78, 5) is 14.9. The van der Waals surface area contributed by atoms with Crippen LogP contribution in [0.25, 0.3) is 6.08 Å². The highest BCUT2D eigenvalue weighted by Crippen LogP contribution is 2.37. The van der Waals surface area contributed by atoms with Gasteiger partial charge in [-0.2, -0.15) is 0 Å². The number of thioether (sulfide) groups is 1. The molecular formula is C18H14FNOS2. The zero-order valence-electron chi connectivity index (χ0n) is 12.4. The minimum atomic E-state index is -0.299. The SMILES string of the molecule is CC(c1ccccc1)N1C(=O)/C(=C\c2ccc(F)cc2)SC1=S. The fraction of sp³-hybridized carbons (Fsp3) is 0.111. The summed E-state index contributed by atoms with van der Waals surface area (Å²) < 4.78 is 13.5. The molecule has 2 aromatic rings. The molecule has 5 heteroatoms. The van der Waals surface area contributed by atoms with Crippen LogP contribution in [0.15, 0.2) is 59.5 Å². The molecule has 0 radical (unpaired) electrons. The standard InChI is InChI=1S/C18H14FNOS2/c1-12(14-5-3-2-4-6-14)20-17(21)16(23-18(20)22)11-13-7-9-15(19)10-8-13/h2-12H,1H3/b16-11+. The minimum absolute atomic E-state index is 0.110. The largest absolute Gasteiger partial charge is 0.286 e. The second-order valence-corrected chi connectivity index (χ2v) is 6.87. The van der Waals surface area contributed by atoms with Crippen LogP contribution in [0.2, 0.25) is 0 Å². The second kappa shape index (κ2) is 6.64. The van der Waals surface area contributed by atoms with Gasteiger partial charge >= 0.3 is 0 Å². The number of rotatable bonds is 3. The van der Waals surface area contributed by atoms with Crippen LogP contribution in [0.4, 0.5) is 4.39 Å². The second-order valence-electron chi connectivity index (χ2n) is 5.19. The van der Waals surface area contributed by atoms with Crippen LogP contribution in [0.3, 0.4) is 0 Å². The Morgan fingerprint density at radius 1 is 1.13 bits per heavy atom. The molecule has 0 bridgehead atoms. The molecule has 1 aliphatic rings. The van der Waals surface area contributed by atoms with Gasteiger partial charge in [-0.3, -0.25) is 9.69 Å². The zero-order valence-corrected chi connectivity index (χ0v) is 14.0. The Kier molecular flexibility index (Phi) is 4.59. The third kappa shape index (κ3) is 3.35. The van der Waals surface area contributed by atoms with Gasteiger partial charge in [0.15, 0.2) is 0 Å². The van der Waals surface area contributed by atoms with Crippen LogP contribution in [0.5, 0.6) is 0 Å². The molecule has 0 N–H and O–H groups in total. The highest BCUT2D eigenvalue weighted by molar-refractivity contribution is 8.26. The Hall–Kier alpha value is -1.98. The predicted octanol–water partition coefficient (Wildman–Crippen LogP) is 4.79. The molecule has 1 fully saturated rings. The summed E-state index contributed by atoms with van der Waals surface area (Å²) in [7, 11) is 0. The lowest BCUT2D eigenvalue weighted by molar-refractivity contribution is -0.123. The van der Waals surface area contributed by atoms with Crippen LogP contribution in [-0.2, 0) is 4.79 Å². The molecule has 1 heterocycles. The monoisotopic (exact) mass is 343 g/mol. The van der Waals surface area contributed by atoms with E-state index in [1.165, 1.54) is 23.9 Å². The summed E-state index contributed by atoms with van der Waals surface area (Å²) in [5.41, 5.74) is 1.81. The van der Waals surface area contributed by atoms with Crippen LogP contribution < -0.4 is 0 Å². The van der Waals surface area contributed by atoms with Gasteiger partial charge in [0.25, 0.3) is 5.91 Å². The average molecular weight is 343 g/mol. The van der Waals surface area contributed by atoms with Crippen LogP contribution in [0.1, 0.15) is 24.1 Å². The van der Waals surface area contributed by atoms with Crippen molar-refractivity contribution >= 4 is 40.3 Å². The summed E-state index contributed by atoms with van der Waals surface area (Å²) in [6.45, 7) is 1.96. The van der Waals surface area contributed by atoms with E-state index in [2.05, 4.69) is 0 Å². The van der Waals surface area contributed by atoms with E-state index in [-0.39, 0.29) is 17.8 Å². The molecule has 1 saturated heterocycles. The molecule has 1 atom stereocenters. The summed E-state index contributed by atoms with van der Waals surface area (Å²) in [6.07, 6.45) is 1.75. The van der Waals surface area contributed by atoms with Gasteiger partial charge in [-0.25, -0.2) is 4.39 Å². The van der Waals surface area contributed by atoms with Crippen molar-refractivity contribution in [3.63, 3.8) is 0 Å². The maximum atomic E-state index is 13.0. The van der Waals surface area contributed by atoms with Gasteiger partial charge in [0.05, 0.1) is 10.9 Å². The number of halogens is 1. The van der Waals surface area contributed by atoms with Crippen molar-refractivity contribution in [3.8, 4) is 0 Å². The first-order chi connectivity index (χ1) is 11.1. The average Bonchev–Trinajstić information content (AvgIpc) is 2.84. The lowest BCUT2D eigenvalue weighted by atomic mass is 10.1. The number of amides is 1. The summed E-state index contributed by atoms with van der Waals surface area (Å²) in [6, 6.07) is 15.7. The molecule has 1 amide bonds. The van der Waals surface area contributed by atoms with Crippen molar-refractivity contribution in [2.45, 2.75) is 13.0 Å². The Labute approximate surface area is 144 Å². The van der Waals surface area contributed by atoms with E-state index < -0.39 is 0 Å². The minimum Gasteiger partial charge on any atom is -0.286 e. The van der Waals surface area contributed by atoms with E-state index in [4.69, 9.17) is 12.2 Å². The maximum absolute atomic E-state index is 13.0. The summed E-state index contributed by atoms with van der Waals surface area (Å²) in [5, 5.41) is 0. The number of thiocarbonyl (C=S) groups is 1. The number of hydrogen-bond donors (Lipinski definition) is 0. The fourth-order valence-corrected chi connectivity index (χ4v) is 3.82. The zero-order chi connectivity index (χ0) is 16.4. The van der Waals surface area contributed by atoms with Gasteiger partial charge in [0.2, 0.25) is 0 Å². The van der Waals surface area contributed by atoms with Crippen LogP contribution in [-0.4, -0.2) is 15.1 Å². The van der Waals surface area contributed by atoms with Crippen LogP contribution >= 0.6 is 24.0 Å². The van der Waals surface area contributed by atoms with Crippen molar-refractivity contribution in [2.24, 2.45) is 0 Å². The number of hydrogen-bond acceptors (Lipinski definition) is 3. The number of benzene rings is 2. The fourth-order valence-electron chi connectivity index (χ4n) is 2.40. The third-order valence-electron chi connectivity index (χ3n) is 3.66. The molecule has 0 saturated carbocycles. The molecule has 0 spiro atoms. The first-order valence-corrected chi connectivity index (χ1v) is 8.36. The number of carbonyl (C=O) groups is 1. The van der Waals surface area contributed by atoms with E-state index in [0.29, 0.717) is 9.23 Å². The van der Waals surface area contributed by atoms with Crippen molar-refractivity contribution in [1.29, 1.82) is 0 Å². The quantitative estimate of drug-likeness (QED) is 0.590. The predicted molar refractivity (Wildman–Crippen MR) is 96.3 cm³/mol. The van der Waals surface area contributed by atoms with E-state index in [1.54, 1.807) is 23.1 Å². The van der Waals surface area contributed by atoms with E-state index in [1.807, 2.05) is 37.3 Å². The van der Waals surface area contributed by atoms with Crippen molar-refractivity contribution < 1.29 is 9.18 Å². The smallest absolute Gasteiger partial charge is 0.266 e. The number of nitrogens with zero attached hydrogens (tertiary/aromatic N) is 1. The lowest BCUT2D eigenvalue weighted by Crippen LogP contribution is -2.30. The van der Waals surface area contributed by atoms with Gasteiger partial charge < -0.3 is 0 Å². The molecule has 116 valence electrons. The van der Waals surface area contributed by atoms with Crippen molar-refractivity contribution in [2.75, 3.05) is 0 Å². The van der Waals surface area contributed by atoms with E-state index in [0.717, 1.165) is 11.1 Å². The first-order valence-electron chi connectivity index (χ1n) is 7.14. The van der Waals surface area contributed by atoms with Gasteiger partial charge in [-0.1, -0.05) is 66.4 Å². The first kappa shape index (κ1) is 15.9. The molecular weight excluding hydrogens is 329 g/mol. The number of carbonyl (C=O) groups excluding carboxylic acids is 1. The Balaban J connectivity index is 1.86. The van der Waals surface area contributed by atoms with Gasteiger partial charge in [-0.05, 0) is 36.3 Å². The topological polar surface area (TPSA) is 20.3 Å². The molecule has 0 aromatic heterocycles. The highest BCUT2D eigenvalue weighted by Gasteiger charge is 2.35. The van der Waals surface area contributed by atoms with E-state index >= 15 is 0 Å². The third-order valence-corrected chi connectivity index (χ3v) is 4.99. The molecule has 0 aliphatic carbocycles. The van der Waals surface area contributed by atoms with Crippen molar-refractivity contribution in [3.05, 3.63) is 76.4 Å². The van der Waals surface area contributed by atoms with E-state index in [9.17, 15) is 9.18 Å². The normalized spacial score (nSPS) is 17.8. The maximum Gasteiger partial charge on any atom is 0.266 e. The van der Waals surface area contributed by atoms with Gasteiger partial charge in [0.1, 0.15) is 10.1 Å². The molecule has 2 nitrogen and oxygen atoms in total. The molecule has 23 heavy (non-hydrogen) atoms. The molecule has 3 rings (SSSR count). The highest BCUT2D eigenvalue weighted by atomic mass is 32.2. The Morgan fingerprint density at radius 3 is 2.43 bits per heavy atom. The molecule has 2 aromatic carbocycles. The summed E-state index contributed by atoms with van der Waals surface area (Å²) >= 11 is 6.65. The Bertz CT molecular complexity index is 771. The molecule has 1 aliphatic heterocycles.